The number of carboxylic acids is 1. The van der Waals surface area contributed by atoms with Crippen molar-refractivity contribution in [3.63, 3.8) is 0 Å². The molecule has 1 aromatic heterocycles. The second-order valence-corrected chi connectivity index (χ2v) is 11.3. The van der Waals surface area contributed by atoms with Crippen LogP contribution in [0.5, 0.6) is 0 Å². The first kappa shape index (κ1) is 29.9. The van der Waals surface area contributed by atoms with Crippen molar-refractivity contribution in [1.82, 2.24) is 14.3 Å². The van der Waals surface area contributed by atoms with Crippen LogP contribution in [-0.4, -0.2) is 46.5 Å². The Balaban J connectivity index is 1.73. The molecule has 9 nitrogen and oxygen atoms in total. The highest BCUT2D eigenvalue weighted by atomic mass is 35.5. The highest BCUT2D eigenvalue weighted by molar-refractivity contribution is 7.90. The minimum Gasteiger partial charge on any atom is -0.481 e. The van der Waals surface area contributed by atoms with Gasteiger partial charge in [0.15, 0.2) is 5.15 Å². The number of carbonyl (C=O) groups excluding carboxylic acids is 1. The van der Waals surface area contributed by atoms with E-state index in [9.17, 15) is 36.3 Å². The number of carboxylic acid groups (broad SMARTS) is 1. The zero-order chi connectivity index (χ0) is 28.1. The van der Waals surface area contributed by atoms with E-state index in [-0.39, 0.29) is 24.4 Å². The number of nitrogens with zero attached hydrogens (tertiary/aromatic N) is 2. The largest absolute Gasteiger partial charge is 0.511 e. The van der Waals surface area contributed by atoms with Crippen LogP contribution < -0.4 is 10.0 Å². The summed E-state index contributed by atoms with van der Waals surface area (Å²) in [5.74, 6) is -1.88. The first-order valence-electron chi connectivity index (χ1n) is 12.3. The van der Waals surface area contributed by atoms with Crippen LogP contribution in [0.2, 0.25) is 5.15 Å². The lowest BCUT2D eigenvalue weighted by Crippen LogP contribution is -2.50. The molecule has 1 fully saturated rings. The van der Waals surface area contributed by atoms with Gasteiger partial charge in [-0.1, -0.05) is 49.9 Å². The van der Waals surface area contributed by atoms with Gasteiger partial charge in [-0.15, -0.1) is 0 Å². The zero-order valence-electron chi connectivity index (χ0n) is 20.7. The maximum Gasteiger partial charge on any atom is 0.511 e. The molecule has 0 saturated heterocycles. The van der Waals surface area contributed by atoms with Gasteiger partial charge in [-0.25, -0.2) is 18.1 Å². The molecule has 1 heterocycles. The number of hydrogen-bond acceptors (Lipinski definition) is 5. The Bertz CT molecular complexity index is 1250. The van der Waals surface area contributed by atoms with Crippen molar-refractivity contribution in [3.8, 4) is 0 Å². The third kappa shape index (κ3) is 7.48. The summed E-state index contributed by atoms with van der Waals surface area (Å²) in [6, 6.07) is 5.53. The molecule has 3 N–H and O–H groups in total. The number of aromatic nitrogens is 2. The Hall–Kier alpha value is -2.64. The van der Waals surface area contributed by atoms with Crippen LogP contribution in [0.25, 0.3) is 0 Å². The molecule has 1 saturated carbocycles. The summed E-state index contributed by atoms with van der Waals surface area (Å²) >= 11 is 6.22. The Morgan fingerprint density at radius 2 is 1.84 bits per heavy atom. The molecule has 1 aliphatic rings. The molecule has 3 rings (SSSR count). The van der Waals surface area contributed by atoms with Gasteiger partial charge in [0.05, 0.1) is 18.0 Å². The number of unbranched alkanes of at least 4 members (excludes halogenated alkanes) is 1. The molecular weight excluding hydrogens is 549 g/mol. The monoisotopic (exact) mass is 578 g/mol. The predicted molar refractivity (Wildman–Crippen MR) is 135 cm³/mol. The van der Waals surface area contributed by atoms with E-state index in [0.29, 0.717) is 43.0 Å². The van der Waals surface area contributed by atoms with E-state index in [1.807, 2.05) is 6.92 Å². The summed E-state index contributed by atoms with van der Waals surface area (Å²) < 4.78 is 65.1. The quantitative estimate of drug-likeness (QED) is 0.360. The molecule has 38 heavy (non-hydrogen) atoms. The number of anilines is 1. The molecule has 0 spiro atoms. The number of rotatable bonds is 11. The maximum atomic E-state index is 12.9. The van der Waals surface area contributed by atoms with Crippen molar-refractivity contribution in [2.45, 2.75) is 76.4 Å². The van der Waals surface area contributed by atoms with Crippen LogP contribution in [0.3, 0.4) is 0 Å². The van der Waals surface area contributed by atoms with Crippen molar-refractivity contribution in [2.75, 3.05) is 5.32 Å². The van der Waals surface area contributed by atoms with Gasteiger partial charge in [0, 0.05) is 24.7 Å². The molecule has 210 valence electrons. The molecule has 2 atom stereocenters. The molecule has 1 aromatic carbocycles. The standard InChI is InChI=1S/C24H30ClF3N4O5S/c1-2-3-8-20-30-22(25)19(13-21(33)34)32(20)14-15-9-11-16(12-10-15)29-23(35)17-6-4-5-7-18(17)31-38(36,37)24(26,27)28/h9-12,17-18,31H,2-8,13-14H2,1H3,(H,29,35)(H,33,34). The minimum absolute atomic E-state index is 0.124. The van der Waals surface area contributed by atoms with E-state index in [0.717, 1.165) is 18.4 Å². The highest BCUT2D eigenvalue weighted by Gasteiger charge is 2.48. The number of alkyl halides is 3. The van der Waals surface area contributed by atoms with Crippen LogP contribution in [0.1, 0.15) is 62.5 Å². The van der Waals surface area contributed by atoms with Crippen molar-refractivity contribution in [1.29, 1.82) is 0 Å². The molecule has 0 aliphatic heterocycles. The van der Waals surface area contributed by atoms with E-state index < -0.39 is 39.4 Å². The Labute approximate surface area is 223 Å². The third-order valence-corrected chi connectivity index (χ3v) is 7.98. The topological polar surface area (TPSA) is 130 Å². The lowest BCUT2D eigenvalue weighted by atomic mass is 9.84. The van der Waals surface area contributed by atoms with Crippen LogP contribution in [0.4, 0.5) is 18.9 Å². The molecule has 0 bridgehead atoms. The maximum absolute atomic E-state index is 12.9. The predicted octanol–water partition coefficient (Wildman–Crippen LogP) is 4.49. The summed E-state index contributed by atoms with van der Waals surface area (Å²) in [7, 11) is -5.57. The fraction of sp³-hybridized carbons (Fsp3) is 0.542. The fourth-order valence-corrected chi connectivity index (χ4v) is 5.57. The number of sulfonamides is 1. The summed E-state index contributed by atoms with van der Waals surface area (Å²) in [5.41, 5.74) is -3.88. The average molecular weight is 579 g/mol. The first-order valence-corrected chi connectivity index (χ1v) is 14.1. The number of nitrogens with one attached hydrogen (secondary N) is 2. The van der Waals surface area contributed by atoms with Gasteiger partial charge in [-0.3, -0.25) is 9.59 Å². The van der Waals surface area contributed by atoms with E-state index in [2.05, 4.69) is 10.3 Å². The summed E-state index contributed by atoms with van der Waals surface area (Å²) in [6.45, 7) is 2.33. The van der Waals surface area contributed by atoms with Crippen molar-refractivity contribution >= 4 is 39.2 Å². The zero-order valence-corrected chi connectivity index (χ0v) is 22.3. The lowest BCUT2D eigenvalue weighted by Gasteiger charge is -2.31. The third-order valence-electron chi connectivity index (χ3n) is 6.45. The van der Waals surface area contributed by atoms with Gasteiger partial charge in [-0.05, 0) is 37.0 Å². The Morgan fingerprint density at radius 1 is 1.18 bits per heavy atom. The van der Waals surface area contributed by atoms with Crippen LogP contribution in [0, 0.1) is 5.92 Å². The number of hydrogen-bond donors (Lipinski definition) is 3. The Morgan fingerprint density at radius 3 is 2.45 bits per heavy atom. The van der Waals surface area contributed by atoms with Crippen molar-refractivity contribution in [2.24, 2.45) is 5.92 Å². The average Bonchev–Trinajstić information content (AvgIpc) is 3.11. The van der Waals surface area contributed by atoms with Gasteiger partial charge in [0.25, 0.3) is 0 Å². The summed E-state index contributed by atoms with van der Waals surface area (Å²) in [4.78, 5) is 28.6. The molecule has 0 radical (unpaired) electrons. The Kier molecular flexibility index (Phi) is 9.82. The molecule has 1 aliphatic carbocycles. The number of amides is 1. The van der Waals surface area contributed by atoms with Gasteiger partial charge >= 0.3 is 21.5 Å². The molecule has 2 aromatic rings. The number of benzene rings is 1. The van der Waals surface area contributed by atoms with Crippen LogP contribution in [-0.2, 0) is 39.0 Å². The second kappa shape index (κ2) is 12.5. The van der Waals surface area contributed by atoms with Gasteiger partial charge in [-0.2, -0.15) is 13.2 Å². The summed E-state index contributed by atoms with van der Waals surface area (Å²) in [5, 5.41) is 12.1. The van der Waals surface area contributed by atoms with Crippen molar-refractivity contribution in [3.05, 3.63) is 46.5 Å². The van der Waals surface area contributed by atoms with Gasteiger partial charge in [0.2, 0.25) is 5.91 Å². The van der Waals surface area contributed by atoms with E-state index in [1.54, 1.807) is 33.6 Å². The van der Waals surface area contributed by atoms with E-state index in [4.69, 9.17) is 11.6 Å². The van der Waals surface area contributed by atoms with Crippen LogP contribution >= 0.6 is 11.6 Å². The highest BCUT2D eigenvalue weighted by Crippen LogP contribution is 2.30. The molecule has 2 unspecified atom stereocenters. The number of aliphatic carboxylic acids is 1. The first-order chi connectivity index (χ1) is 17.8. The van der Waals surface area contributed by atoms with Crippen LogP contribution in [0.15, 0.2) is 24.3 Å². The summed E-state index contributed by atoms with van der Waals surface area (Å²) in [6.07, 6.45) is 3.60. The SMILES string of the molecule is CCCCc1nc(Cl)c(CC(=O)O)n1Cc1ccc(NC(=O)C2CCCCC2NS(=O)(=O)C(F)(F)F)cc1. The number of imidazole rings is 1. The molecular formula is C24H30ClF3N4O5S. The number of aryl methyl sites for hydroxylation is 1. The van der Waals surface area contributed by atoms with E-state index >= 15 is 0 Å². The smallest absolute Gasteiger partial charge is 0.481 e. The van der Waals surface area contributed by atoms with Gasteiger partial charge < -0.3 is 15.0 Å². The molecule has 1 amide bonds. The number of carbonyl (C=O) groups is 2. The van der Waals surface area contributed by atoms with Gasteiger partial charge in [0.1, 0.15) is 5.82 Å². The second-order valence-electron chi connectivity index (χ2n) is 9.28. The number of halogens is 4. The van der Waals surface area contributed by atoms with Crippen molar-refractivity contribution < 1.29 is 36.3 Å². The fourth-order valence-electron chi connectivity index (χ4n) is 4.49. The normalized spacial score (nSPS) is 18.3. The van der Waals surface area contributed by atoms with E-state index in [1.165, 1.54) is 0 Å². The lowest BCUT2D eigenvalue weighted by molar-refractivity contribution is -0.136. The molecule has 14 heteroatoms. The minimum atomic E-state index is -5.57.